The second kappa shape index (κ2) is 5.82. The van der Waals surface area contributed by atoms with E-state index in [1.807, 2.05) is 6.92 Å². The number of halogens is 1. The molecule has 0 spiro atoms. The predicted molar refractivity (Wildman–Crippen MR) is 67.7 cm³/mol. The molecule has 0 saturated carbocycles. The third-order valence-electron chi connectivity index (χ3n) is 2.75. The number of primary amides is 1. The molecule has 1 amide bonds. The van der Waals surface area contributed by atoms with Crippen molar-refractivity contribution in [3.63, 3.8) is 0 Å². The first-order valence-electron chi connectivity index (χ1n) is 5.80. The van der Waals surface area contributed by atoms with Gasteiger partial charge in [0.15, 0.2) is 11.6 Å². The summed E-state index contributed by atoms with van der Waals surface area (Å²) in [6, 6.07) is 4.67. The first-order chi connectivity index (χ1) is 8.33. The molecule has 1 aromatic rings. The van der Waals surface area contributed by atoms with Gasteiger partial charge in [0.1, 0.15) is 0 Å². The average Bonchev–Trinajstić information content (AvgIpc) is 2.28. The number of amides is 1. The Hall–Kier alpha value is -1.62. The molecule has 1 unspecified atom stereocenters. The van der Waals surface area contributed by atoms with Gasteiger partial charge in [-0.25, -0.2) is 4.39 Å². The maximum atomic E-state index is 13.3. The summed E-state index contributed by atoms with van der Waals surface area (Å²) in [7, 11) is 0. The summed E-state index contributed by atoms with van der Waals surface area (Å²) in [5, 5.41) is 0. The van der Waals surface area contributed by atoms with Crippen LogP contribution in [0.2, 0.25) is 0 Å². The van der Waals surface area contributed by atoms with E-state index in [0.717, 1.165) is 5.56 Å². The molecule has 1 atom stereocenters. The molecule has 4 nitrogen and oxygen atoms in total. The van der Waals surface area contributed by atoms with E-state index < -0.39 is 17.3 Å². The number of aryl methyl sites for hydroxylation is 1. The monoisotopic (exact) mass is 254 g/mol. The largest absolute Gasteiger partial charge is 0.491 e. The Morgan fingerprint density at radius 3 is 2.78 bits per heavy atom. The Kier molecular flexibility index (Phi) is 4.67. The van der Waals surface area contributed by atoms with Crippen LogP contribution in [0, 0.1) is 12.7 Å². The number of carbonyl (C=O) groups is 1. The zero-order valence-electron chi connectivity index (χ0n) is 10.7. The van der Waals surface area contributed by atoms with Crippen LogP contribution in [-0.4, -0.2) is 18.1 Å². The first-order valence-corrected chi connectivity index (χ1v) is 5.80. The Morgan fingerprint density at radius 2 is 2.17 bits per heavy atom. The molecule has 0 aliphatic rings. The standard InChI is InChI=1S/C13H19FN2O2/c1-9-4-5-10(14)11(8-9)18-7-3-6-13(2,16)12(15)17/h4-5,8H,3,6-7,16H2,1-2H3,(H2,15,17). The van der Waals surface area contributed by atoms with Gasteiger partial charge in [0.25, 0.3) is 0 Å². The zero-order chi connectivity index (χ0) is 13.8. The fourth-order valence-corrected chi connectivity index (χ4v) is 1.47. The van der Waals surface area contributed by atoms with Crippen molar-refractivity contribution >= 4 is 5.91 Å². The molecule has 0 bridgehead atoms. The van der Waals surface area contributed by atoms with Gasteiger partial charge in [-0.05, 0) is 44.4 Å². The topological polar surface area (TPSA) is 78.3 Å². The summed E-state index contributed by atoms with van der Waals surface area (Å²) in [4.78, 5) is 11.0. The highest BCUT2D eigenvalue weighted by molar-refractivity contribution is 5.83. The van der Waals surface area contributed by atoms with Crippen LogP contribution >= 0.6 is 0 Å². The van der Waals surface area contributed by atoms with E-state index >= 15 is 0 Å². The van der Waals surface area contributed by atoms with Gasteiger partial charge in [0.05, 0.1) is 12.1 Å². The lowest BCUT2D eigenvalue weighted by molar-refractivity contribution is -0.122. The molecule has 18 heavy (non-hydrogen) atoms. The molecule has 0 radical (unpaired) electrons. The highest BCUT2D eigenvalue weighted by Gasteiger charge is 2.24. The van der Waals surface area contributed by atoms with Crippen LogP contribution in [0.15, 0.2) is 18.2 Å². The Balaban J connectivity index is 2.43. The zero-order valence-corrected chi connectivity index (χ0v) is 10.7. The molecule has 5 heteroatoms. The van der Waals surface area contributed by atoms with E-state index in [-0.39, 0.29) is 5.75 Å². The molecule has 100 valence electrons. The van der Waals surface area contributed by atoms with Gasteiger partial charge >= 0.3 is 0 Å². The van der Waals surface area contributed by atoms with Crippen molar-refractivity contribution < 1.29 is 13.9 Å². The predicted octanol–water partition coefficient (Wildman–Crippen LogP) is 1.50. The summed E-state index contributed by atoms with van der Waals surface area (Å²) in [5.41, 5.74) is 10.7. The van der Waals surface area contributed by atoms with Crippen LogP contribution in [-0.2, 0) is 4.79 Å². The molecular formula is C13H19FN2O2. The van der Waals surface area contributed by atoms with Crippen LogP contribution in [0.3, 0.4) is 0 Å². The van der Waals surface area contributed by atoms with E-state index in [2.05, 4.69) is 0 Å². The van der Waals surface area contributed by atoms with Gasteiger partial charge in [-0.3, -0.25) is 4.79 Å². The second-order valence-electron chi connectivity index (χ2n) is 4.67. The normalized spacial score (nSPS) is 14.0. The minimum atomic E-state index is -1.05. The van der Waals surface area contributed by atoms with Gasteiger partial charge in [0, 0.05) is 0 Å². The Bertz CT molecular complexity index is 433. The Morgan fingerprint density at radius 1 is 1.50 bits per heavy atom. The van der Waals surface area contributed by atoms with Crippen LogP contribution in [0.4, 0.5) is 4.39 Å². The van der Waals surface area contributed by atoms with E-state index in [0.29, 0.717) is 19.4 Å². The van der Waals surface area contributed by atoms with Crippen LogP contribution in [0.25, 0.3) is 0 Å². The minimum absolute atomic E-state index is 0.216. The van der Waals surface area contributed by atoms with Gasteiger partial charge in [0.2, 0.25) is 5.91 Å². The SMILES string of the molecule is Cc1ccc(F)c(OCCCC(C)(N)C(N)=O)c1. The van der Waals surface area contributed by atoms with Crippen molar-refractivity contribution in [2.24, 2.45) is 11.5 Å². The lowest BCUT2D eigenvalue weighted by Crippen LogP contribution is -2.49. The summed E-state index contributed by atoms with van der Waals surface area (Å²) in [6.07, 6.45) is 0.930. The third kappa shape index (κ3) is 4.00. The summed E-state index contributed by atoms with van der Waals surface area (Å²) in [6.45, 7) is 3.72. The van der Waals surface area contributed by atoms with Gasteiger partial charge in [-0.1, -0.05) is 6.07 Å². The lowest BCUT2D eigenvalue weighted by atomic mass is 9.97. The number of rotatable bonds is 6. The quantitative estimate of drug-likeness (QED) is 0.755. The maximum absolute atomic E-state index is 13.3. The van der Waals surface area contributed by atoms with Gasteiger partial charge in [-0.15, -0.1) is 0 Å². The molecule has 0 aliphatic carbocycles. The number of hydrogen-bond acceptors (Lipinski definition) is 3. The van der Waals surface area contributed by atoms with Crippen molar-refractivity contribution in [2.45, 2.75) is 32.2 Å². The van der Waals surface area contributed by atoms with Crippen LogP contribution < -0.4 is 16.2 Å². The maximum Gasteiger partial charge on any atom is 0.237 e. The van der Waals surface area contributed by atoms with E-state index in [1.54, 1.807) is 19.1 Å². The van der Waals surface area contributed by atoms with Gasteiger partial charge < -0.3 is 16.2 Å². The smallest absolute Gasteiger partial charge is 0.237 e. The van der Waals surface area contributed by atoms with Crippen molar-refractivity contribution in [3.8, 4) is 5.75 Å². The molecule has 0 fully saturated rings. The fourth-order valence-electron chi connectivity index (χ4n) is 1.47. The molecular weight excluding hydrogens is 235 g/mol. The van der Waals surface area contributed by atoms with Crippen LogP contribution in [0.5, 0.6) is 5.75 Å². The molecule has 0 saturated heterocycles. The number of nitrogens with two attached hydrogens (primary N) is 2. The van der Waals surface area contributed by atoms with Crippen molar-refractivity contribution in [3.05, 3.63) is 29.6 Å². The molecule has 0 aliphatic heterocycles. The number of benzene rings is 1. The number of hydrogen-bond donors (Lipinski definition) is 2. The highest BCUT2D eigenvalue weighted by atomic mass is 19.1. The minimum Gasteiger partial charge on any atom is -0.491 e. The second-order valence-corrected chi connectivity index (χ2v) is 4.67. The highest BCUT2D eigenvalue weighted by Crippen LogP contribution is 2.19. The first kappa shape index (κ1) is 14.4. The molecule has 1 rings (SSSR count). The van der Waals surface area contributed by atoms with Crippen molar-refractivity contribution in [1.82, 2.24) is 0 Å². The Labute approximate surface area is 106 Å². The third-order valence-corrected chi connectivity index (χ3v) is 2.75. The van der Waals surface area contributed by atoms with E-state index in [1.165, 1.54) is 6.07 Å². The lowest BCUT2D eigenvalue weighted by Gasteiger charge is -2.20. The summed E-state index contributed by atoms with van der Waals surface area (Å²) < 4.78 is 18.6. The molecule has 0 heterocycles. The summed E-state index contributed by atoms with van der Waals surface area (Å²) >= 11 is 0. The average molecular weight is 254 g/mol. The van der Waals surface area contributed by atoms with E-state index in [9.17, 15) is 9.18 Å². The van der Waals surface area contributed by atoms with Crippen LogP contribution in [0.1, 0.15) is 25.3 Å². The molecule has 0 aromatic heterocycles. The van der Waals surface area contributed by atoms with Crippen molar-refractivity contribution in [2.75, 3.05) is 6.61 Å². The molecule has 1 aromatic carbocycles. The van der Waals surface area contributed by atoms with Crippen molar-refractivity contribution in [1.29, 1.82) is 0 Å². The molecule has 4 N–H and O–H groups in total. The number of ether oxygens (including phenoxy) is 1. The van der Waals surface area contributed by atoms with E-state index in [4.69, 9.17) is 16.2 Å². The van der Waals surface area contributed by atoms with Gasteiger partial charge in [-0.2, -0.15) is 0 Å². The fraction of sp³-hybridized carbons (Fsp3) is 0.462. The summed E-state index contributed by atoms with van der Waals surface area (Å²) in [5.74, 6) is -0.733. The number of carbonyl (C=O) groups excluding carboxylic acids is 1.